The molecule has 0 atom stereocenters. The fraction of sp³-hybridized carbons (Fsp3) is 0.188. The highest BCUT2D eigenvalue weighted by atomic mass is 16.6. The number of nitrogens with one attached hydrogen (secondary N) is 1. The second kappa shape index (κ2) is 6.71. The lowest BCUT2D eigenvalue weighted by atomic mass is 10.1. The van der Waals surface area contributed by atoms with Gasteiger partial charge >= 0.3 is 0 Å². The largest absolute Gasteiger partial charge is 0.370 e. The minimum absolute atomic E-state index is 0.0760. The SMILES string of the molecule is CNC(=O)c1ccc(CN(C)c2ccc([N+](=O)[O-])cc2)cc1. The van der Waals surface area contributed by atoms with Crippen molar-refractivity contribution in [1.29, 1.82) is 0 Å². The van der Waals surface area contributed by atoms with Gasteiger partial charge in [0.2, 0.25) is 0 Å². The van der Waals surface area contributed by atoms with E-state index in [0.29, 0.717) is 12.1 Å². The summed E-state index contributed by atoms with van der Waals surface area (Å²) in [5.74, 6) is -0.115. The van der Waals surface area contributed by atoms with Crippen molar-refractivity contribution < 1.29 is 9.72 Å². The lowest BCUT2D eigenvalue weighted by Gasteiger charge is -2.19. The molecule has 0 aliphatic heterocycles. The third-order valence-corrected chi connectivity index (χ3v) is 3.36. The topological polar surface area (TPSA) is 75.5 Å². The molecule has 2 aromatic carbocycles. The zero-order chi connectivity index (χ0) is 16.1. The third kappa shape index (κ3) is 3.60. The fourth-order valence-electron chi connectivity index (χ4n) is 2.10. The van der Waals surface area contributed by atoms with Crippen LogP contribution in [-0.4, -0.2) is 24.9 Å². The summed E-state index contributed by atoms with van der Waals surface area (Å²) in [5.41, 5.74) is 2.63. The number of nitro groups is 1. The molecule has 1 N–H and O–H groups in total. The van der Waals surface area contributed by atoms with Crippen molar-refractivity contribution in [3.8, 4) is 0 Å². The zero-order valence-corrected chi connectivity index (χ0v) is 12.4. The molecule has 0 saturated carbocycles. The predicted molar refractivity (Wildman–Crippen MR) is 85.0 cm³/mol. The Kier molecular flexibility index (Phi) is 4.73. The van der Waals surface area contributed by atoms with E-state index in [9.17, 15) is 14.9 Å². The van der Waals surface area contributed by atoms with Gasteiger partial charge in [-0.05, 0) is 29.8 Å². The number of carbonyl (C=O) groups excluding carboxylic acids is 1. The normalized spacial score (nSPS) is 10.1. The van der Waals surface area contributed by atoms with Gasteiger partial charge in [-0.15, -0.1) is 0 Å². The van der Waals surface area contributed by atoms with Crippen LogP contribution in [0.5, 0.6) is 0 Å². The van der Waals surface area contributed by atoms with E-state index in [4.69, 9.17) is 0 Å². The van der Waals surface area contributed by atoms with E-state index in [1.807, 2.05) is 24.1 Å². The van der Waals surface area contributed by atoms with Gasteiger partial charge in [0, 0.05) is 44.0 Å². The van der Waals surface area contributed by atoms with Gasteiger partial charge in [0.05, 0.1) is 4.92 Å². The first-order valence-electron chi connectivity index (χ1n) is 6.78. The Morgan fingerprint density at radius 3 is 2.23 bits per heavy atom. The number of hydrogen-bond donors (Lipinski definition) is 1. The molecular weight excluding hydrogens is 282 g/mol. The number of anilines is 1. The van der Waals surface area contributed by atoms with Crippen LogP contribution in [0, 0.1) is 10.1 Å². The Bertz CT molecular complexity index is 666. The minimum Gasteiger partial charge on any atom is -0.370 e. The summed E-state index contributed by atoms with van der Waals surface area (Å²) in [4.78, 5) is 23.7. The van der Waals surface area contributed by atoms with Crippen molar-refractivity contribution in [2.45, 2.75) is 6.54 Å². The molecular formula is C16H17N3O3. The van der Waals surface area contributed by atoms with Crippen LogP contribution in [0.3, 0.4) is 0 Å². The first-order chi connectivity index (χ1) is 10.5. The number of non-ortho nitro benzene ring substituents is 1. The van der Waals surface area contributed by atoms with Crippen molar-refractivity contribution in [2.24, 2.45) is 0 Å². The van der Waals surface area contributed by atoms with Crippen LogP contribution < -0.4 is 10.2 Å². The Hall–Kier alpha value is -2.89. The van der Waals surface area contributed by atoms with Crippen LogP contribution in [0.1, 0.15) is 15.9 Å². The monoisotopic (exact) mass is 299 g/mol. The summed E-state index contributed by atoms with van der Waals surface area (Å²) < 4.78 is 0. The van der Waals surface area contributed by atoms with Crippen LogP contribution in [-0.2, 0) is 6.54 Å². The average Bonchev–Trinajstić information content (AvgIpc) is 2.54. The van der Waals surface area contributed by atoms with E-state index in [1.165, 1.54) is 12.1 Å². The number of nitro benzene ring substituents is 1. The summed E-state index contributed by atoms with van der Waals surface area (Å²) in [6.07, 6.45) is 0. The van der Waals surface area contributed by atoms with Gasteiger partial charge in [0.15, 0.2) is 0 Å². The molecule has 6 nitrogen and oxygen atoms in total. The molecule has 22 heavy (non-hydrogen) atoms. The van der Waals surface area contributed by atoms with Gasteiger partial charge in [-0.3, -0.25) is 14.9 Å². The molecule has 0 radical (unpaired) electrons. The summed E-state index contributed by atoms with van der Waals surface area (Å²) in [6.45, 7) is 0.645. The number of carbonyl (C=O) groups is 1. The fourth-order valence-corrected chi connectivity index (χ4v) is 2.10. The second-order valence-corrected chi connectivity index (χ2v) is 4.91. The maximum absolute atomic E-state index is 11.5. The maximum Gasteiger partial charge on any atom is 0.269 e. The van der Waals surface area contributed by atoms with Crippen molar-refractivity contribution in [3.63, 3.8) is 0 Å². The van der Waals surface area contributed by atoms with Crippen molar-refractivity contribution >= 4 is 17.3 Å². The van der Waals surface area contributed by atoms with E-state index in [0.717, 1.165) is 11.3 Å². The van der Waals surface area contributed by atoms with E-state index >= 15 is 0 Å². The van der Waals surface area contributed by atoms with Gasteiger partial charge in [-0.25, -0.2) is 0 Å². The standard InChI is InChI=1S/C16H17N3O3/c1-17-16(20)13-5-3-12(4-6-13)11-18(2)14-7-9-15(10-8-14)19(21)22/h3-10H,11H2,1-2H3,(H,17,20). The third-order valence-electron chi connectivity index (χ3n) is 3.36. The van der Waals surface area contributed by atoms with Crippen molar-refractivity contribution in [3.05, 3.63) is 69.8 Å². The Morgan fingerprint density at radius 1 is 1.14 bits per heavy atom. The summed E-state index contributed by atoms with van der Waals surface area (Å²) in [7, 11) is 3.51. The first-order valence-corrected chi connectivity index (χ1v) is 6.78. The smallest absolute Gasteiger partial charge is 0.269 e. The van der Waals surface area contributed by atoms with E-state index in [2.05, 4.69) is 5.32 Å². The molecule has 6 heteroatoms. The van der Waals surface area contributed by atoms with E-state index in [-0.39, 0.29) is 11.6 Å². The maximum atomic E-state index is 11.5. The van der Waals surface area contributed by atoms with Gasteiger partial charge in [-0.2, -0.15) is 0 Å². The molecule has 2 aromatic rings. The highest BCUT2D eigenvalue weighted by Gasteiger charge is 2.08. The highest BCUT2D eigenvalue weighted by molar-refractivity contribution is 5.93. The molecule has 0 heterocycles. The van der Waals surface area contributed by atoms with Gasteiger partial charge in [0.25, 0.3) is 11.6 Å². The second-order valence-electron chi connectivity index (χ2n) is 4.91. The number of rotatable bonds is 5. The van der Waals surface area contributed by atoms with Crippen molar-refractivity contribution in [1.82, 2.24) is 5.32 Å². The average molecular weight is 299 g/mol. The molecule has 0 bridgehead atoms. The number of amides is 1. The molecule has 1 amide bonds. The van der Waals surface area contributed by atoms with E-state index < -0.39 is 4.92 Å². The van der Waals surface area contributed by atoms with Gasteiger partial charge < -0.3 is 10.2 Å². The van der Waals surface area contributed by atoms with Crippen LogP contribution in [0.25, 0.3) is 0 Å². The first kappa shape index (κ1) is 15.5. The van der Waals surface area contributed by atoms with Crippen LogP contribution in [0.4, 0.5) is 11.4 Å². The van der Waals surface area contributed by atoms with Crippen molar-refractivity contribution in [2.75, 3.05) is 19.0 Å². The Morgan fingerprint density at radius 2 is 1.73 bits per heavy atom. The molecule has 0 aliphatic carbocycles. The Labute approximate surface area is 128 Å². The molecule has 114 valence electrons. The van der Waals surface area contributed by atoms with Crippen LogP contribution in [0.15, 0.2) is 48.5 Å². The summed E-state index contributed by atoms with van der Waals surface area (Å²) >= 11 is 0. The quantitative estimate of drug-likeness (QED) is 0.680. The minimum atomic E-state index is -0.415. The molecule has 0 aliphatic rings. The molecule has 0 aromatic heterocycles. The lowest BCUT2D eigenvalue weighted by molar-refractivity contribution is -0.384. The van der Waals surface area contributed by atoms with E-state index in [1.54, 1.807) is 31.3 Å². The summed E-state index contributed by atoms with van der Waals surface area (Å²) in [5, 5.41) is 13.2. The molecule has 0 fully saturated rings. The molecule has 0 saturated heterocycles. The lowest BCUT2D eigenvalue weighted by Crippen LogP contribution is -2.18. The zero-order valence-electron chi connectivity index (χ0n) is 12.4. The van der Waals surface area contributed by atoms with Crippen LogP contribution in [0.2, 0.25) is 0 Å². The van der Waals surface area contributed by atoms with Gasteiger partial charge in [0.1, 0.15) is 0 Å². The molecule has 2 rings (SSSR count). The highest BCUT2D eigenvalue weighted by Crippen LogP contribution is 2.20. The van der Waals surface area contributed by atoms with Gasteiger partial charge in [-0.1, -0.05) is 12.1 Å². The number of hydrogen-bond acceptors (Lipinski definition) is 4. The predicted octanol–water partition coefficient (Wildman–Crippen LogP) is 2.59. The number of benzene rings is 2. The molecule has 0 unspecified atom stereocenters. The van der Waals surface area contributed by atoms with Crippen LogP contribution >= 0.6 is 0 Å². The number of nitrogens with zero attached hydrogens (tertiary/aromatic N) is 2. The molecule has 0 spiro atoms. The Balaban J connectivity index is 2.06. The summed E-state index contributed by atoms with van der Waals surface area (Å²) in [6, 6.07) is 13.8.